The molecule has 5 nitrogen and oxygen atoms in total. The molecule has 0 fully saturated rings. The molecular formula is C13H11F3N2O3. The Bertz CT molecular complexity index is 638. The van der Waals surface area contributed by atoms with Crippen LogP contribution in [0.3, 0.4) is 0 Å². The lowest BCUT2D eigenvalue weighted by Gasteiger charge is -2.13. The number of halogens is 3. The van der Waals surface area contributed by atoms with E-state index in [0.717, 1.165) is 0 Å². The molecule has 2 aromatic rings. The fourth-order valence-corrected chi connectivity index (χ4v) is 1.51. The Balaban J connectivity index is 2.11. The topological polar surface area (TPSA) is 64.4 Å². The molecule has 2 rings (SSSR count). The van der Waals surface area contributed by atoms with Gasteiger partial charge in [0.05, 0.1) is 11.4 Å². The molecule has 0 spiro atoms. The van der Waals surface area contributed by atoms with Crippen molar-refractivity contribution < 1.29 is 27.2 Å². The molecule has 0 saturated carbocycles. The predicted molar refractivity (Wildman–Crippen MR) is 67.2 cm³/mol. The quantitative estimate of drug-likeness (QED) is 0.942. The first kappa shape index (κ1) is 14.9. The number of aromatic nitrogens is 1. The number of nitrogens with one attached hydrogen (secondary N) is 1. The molecule has 0 unspecified atom stereocenters. The molecule has 0 aliphatic heterocycles. The van der Waals surface area contributed by atoms with Crippen LogP contribution >= 0.6 is 0 Å². The van der Waals surface area contributed by atoms with E-state index < -0.39 is 18.7 Å². The van der Waals surface area contributed by atoms with Gasteiger partial charge in [-0.15, -0.1) is 0 Å². The highest BCUT2D eigenvalue weighted by Crippen LogP contribution is 2.26. The largest absolute Gasteiger partial charge is 0.482 e. The number of ether oxygens (including phenoxy) is 1. The standard InChI is InChI=1S/C13H11F3N2O3/c1-8-6-11(21-18-8)12(19)17-9-4-2-3-5-10(9)20-7-13(14,15)16/h2-6H,7H2,1H3,(H,17,19). The SMILES string of the molecule is Cc1cc(C(=O)Nc2ccccc2OCC(F)(F)F)on1. The number of amides is 1. The zero-order valence-corrected chi connectivity index (χ0v) is 10.9. The van der Waals surface area contributed by atoms with Crippen LogP contribution in [0.25, 0.3) is 0 Å². The molecule has 21 heavy (non-hydrogen) atoms. The minimum atomic E-state index is -4.46. The lowest BCUT2D eigenvalue weighted by atomic mass is 10.2. The van der Waals surface area contributed by atoms with Gasteiger partial charge in [-0.1, -0.05) is 17.3 Å². The fraction of sp³-hybridized carbons (Fsp3) is 0.231. The lowest BCUT2D eigenvalue weighted by molar-refractivity contribution is -0.153. The van der Waals surface area contributed by atoms with Gasteiger partial charge in [-0.3, -0.25) is 4.79 Å². The molecule has 0 bridgehead atoms. The predicted octanol–water partition coefficient (Wildman–Crippen LogP) is 3.18. The molecule has 1 N–H and O–H groups in total. The minimum Gasteiger partial charge on any atom is -0.482 e. The molecule has 0 radical (unpaired) electrons. The van der Waals surface area contributed by atoms with Gasteiger partial charge in [-0.25, -0.2) is 0 Å². The number of alkyl halides is 3. The molecule has 1 aromatic heterocycles. The highest BCUT2D eigenvalue weighted by molar-refractivity contribution is 6.03. The van der Waals surface area contributed by atoms with Crippen molar-refractivity contribution in [2.24, 2.45) is 0 Å². The second kappa shape index (κ2) is 5.86. The molecule has 112 valence electrons. The van der Waals surface area contributed by atoms with Crippen LogP contribution in [0, 0.1) is 6.92 Å². The summed E-state index contributed by atoms with van der Waals surface area (Å²) in [6.07, 6.45) is -4.46. The van der Waals surface area contributed by atoms with Crippen LogP contribution in [-0.2, 0) is 0 Å². The van der Waals surface area contributed by atoms with Crippen molar-refractivity contribution >= 4 is 11.6 Å². The fourth-order valence-electron chi connectivity index (χ4n) is 1.51. The van der Waals surface area contributed by atoms with Gasteiger partial charge in [0.15, 0.2) is 6.61 Å². The Morgan fingerprint density at radius 2 is 2.10 bits per heavy atom. The highest BCUT2D eigenvalue weighted by Gasteiger charge is 2.29. The van der Waals surface area contributed by atoms with E-state index in [1.54, 1.807) is 13.0 Å². The minimum absolute atomic E-state index is 0.0434. The zero-order valence-electron chi connectivity index (χ0n) is 10.9. The number of hydrogen-bond donors (Lipinski definition) is 1. The van der Waals surface area contributed by atoms with Gasteiger partial charge in [0, 0.05) is 6.07 Å². The van der Waals surface area contributed by atoms with Crippen molar-refractivity contribution in [2.45, 2.75) is 13.1 Å². The van der Waals surface area contributed by atoms with Gasteiger partial charge in [0.25, 0.3) is 5.91 Å². The summed E-state index contributed by atoms with van der Waals surface area (Å²) in [5.74, 6) is -0.754. The number of para-hydroxylation sites is 2. The molecule has 0 atom stereocenters. The van der Waals surface area contributed by atoms with Gasteiger partial charge >= 0.3 is 6.18 Å². The average molecular weight is 300 g/mol. The Labute approximate surface area is 117 Å². The Hall–Kier alpha value is -2.51. The van der Waals surface area contributed by atoms with Crippen LogP contribution in [0.15, 0.2) is 34.9 Å². The third kappa shape index (κ3) is 4.23. The van der Waals surface area contributed by atoms with Crippen LogP contribution in [0.1, 0.15) is 16.2 Å². The molecular weight excluding hydrogens is 289 g/mol. The molecule has 0 aliphatic carbocycles. The Morgan fingerprint density at radius 1 is 1.38 bits per heavy atom. The molecule has 0 saturated heterocycles. The maximum Gasteiger partial charge on any atom is 0.422 e. The average Bonchev–Trinajstić information content (AvgIpc) is 2.83. The number of hydrogen-bond acceptors (Lipinski definition) is 4. The van der Waals surface area contributed by atoms with Crippen LogP contribution in [-0.4, -0.2) is 23.8 Å². The Morgan fingerprint density at radius 3 is 2.71 bits per heavy atom. The van der Waals surface area contributed by atoms with Gasteiger partial charge < -0.3 is 14.6 Å². The second-order valence-electron chi connectivity index (χ2n) is 4.19. The summed E-state index contributed by atoms with van der Waals surface area (Å²) in [5, 5.41) is 5.97. The second-order valence-corrected chi connectivity index (χ2v) is 4.19. The molecule has 1 heterocycles. The first-order valence-electron chi connectivity index (χ1n) is 5.88. The van der Waals surface area contributed by atoms with E-state index in [9.17, 15) is 18.0 Å². The first-order valence-corrected chi connectivity index (χ1v) is 5.88. The number of nitrogens with zero attached hydrogens (tertiary/aromatic N) is 1. The van der Waals surface area contributed by atoms with E-state index in [0.29, 0.717) is 5.69 Å². The van der Waals surface area contributed by atoms with Crippen LogP contribution < -0.4 is 10.1 Å². The van der Waals surface area contributed by atoms with Crippen LogP contribution in [0.4, 0.5) is 18.9 Å². The van der Waals surface area contributed by atoms with Gasteiger partial charge in [0.2, 0.25) is 5.76 Å². The van der Waals surface area contributed by atoms with Gasteiger partial charge in [-0.2, -0.15) is 13.2 Å². The lowest BCUT2D eigenvalue weighted by Crippen LogP contribution is -2.20. The molecule has 1 amide bonds. The van der Waals surface area contributed by atoms with E-state index in [1.807, 2.05) is 0 Å². The normalized spacial score (nSPS) is 11.2. The number of anilines is 1. The number of benzene rings is 1. The summed E-state index contributed by atoms with van der Waals surface area (Å²) >= 11 is 0. The summed E-state index contributed by atoms with van der Waals surface area (Å²) < 4.78 is 45.9. The summed E-state index contributed by atoms with van der Waals surface area (Å²) in [6, 6.07) is 7.22. The van der Waals surface area contributed by atoms with Crippen molar-refractivity contribution in [2.75, 3.05) is 11.9 Å². The van der Waals surface area contributed by atoms with E-state index in [2.05, 4.69) is 15.2 Å². The van der Waals surface area contributed by atoms with Gasteiger partial charge in [-0.05, 0) is 19.1 Å². The van der Waals surface area contributed by atoms with Crippen molar-refractivity contribution in [3.63, 3.8) is 0 Å². The van der Waals surface area contributed by atoms with Gasteiger partial charge in [0.1, 0.15) is 5.75 Å². The zero-order chi connectivity index (χ0) is 15.5. The highest BCUT2D eigenvalue weighted by atomic mass is 19.4. The van der Waals surface area contributed by atoms with E-state index in [-0.39, 0.29) is 17.2 Å². The maximum atomic E-state index is 12.2. The van der Waals surface area contributed by atoms with Crippen LogP contribution in [0.5, 0.6) is 5.75 Å². The third-order valence-corrected chi connectivity index (χ3v) is 2.38. The summed E-state index contributed by atoms with van der Waals surface area (Å²) in [7, 11) is 0. The third-order valence-electron chi connectivity index (χ3n) is 2.38. The van der Waals surface area contributed by atoms with E-state index in [4.69, 9.17) is 4.52 Å². The summed E-state index contributed by atoms with van der Waals surface area (Å²) in [5.41, 5.74) is 0.627. The monoisotopic (exact) mass is 300 g/mol. The smallest absolute Gasteiger partial charge is 0.422 e. The van der Waals surface area contributed by atoms with Crippen molar-refractivity contribution in [3.8, 4) is 5.75 Å². The Kier molecular flexibility index (Phi) is 4.15. The van der Waals surface area contributed by atoms with E-state index in [1.165, 1.54) is 24.3 Å². The first-order chi connectivity index (χ1) is 9.85. The number of carbonyl (C=O) groups excluding carboxylic acids is 1. The molecule has 1 aromatic carbocycles. The molecule has 0 aliphatic rings. The van der Waals surface area contributed by atoms with E-state index >= 15 is 0 Å². The van der Waals surface area contributed by atoms with Crippen molar-refractivity contribution in [3.05, 3.63) is 41.8 Å². The van der Waals surface area contributed by atoms with Crippen LogP contribution in [0.2, 0.25) is 0 Å². The number of carbonyl (C=O) groups is 1. The number of rotatable bonds is 4. The summed E-state index contributed by atoms with van der Waals surface area (Å²) in [6.45, 7) is 0.196. The van der Waals surface area contributed by atoms with Crippen molar-refractivity contribution in [1.82, 2.24) is 5.16 Å². The molecule has 8 heteroatoms. The van der Waals surface area contributed by atoms with Crippen molar-refractivity contribution in [1.29, 1.82) is 0 Å². The number of aryl methyl sites for hydroxylation is 1. The maximum absolute atomic E-state index is 12.2. The summed E-state index contributed by atoms with van der Waals surface area (Å²) in [4.78, 5) is 11.9.